The number of methoxy groups -OCH3 is 1. The zero-order valence-corrected chi connectivity index (χ0v) is 15.7. The first-order valence-electron chi connectivity index (χ1n) is 8.42. The predicted molar refractivity (Wildman–Crippen MR) is 108 cm³/mol. The van der Waals surface area contributed by atoms with E-state index in [2.05, 4.69) is 10.1 Å². The van der Waals surface area contributed by atoms with Crippen molar-refractivity contribution in [3.63, 3.8) is 0 Å². The van der Waals surface area contributed by atoms with E-state index in [1.54, 1.807) is 7.11 Å². The van der Waals surface area contributed by atoms with E-state index >= 15 is 0 Å². The maximum atomic E-state index is 6.54. The summed E-state index contributed by atoms with van der Waals surface area (Å²) in [5.74, 6) is 1.40. The molecule has 2 aromatic carbocycles. The van der Waals surface area contributed by atoms with Crippen LogP contribution < -0.4 is 10.5 Å². The largest absolute Gasteiger partial charge is 0.497 e. The van der Waals surface area contributed by atoms with E-state index in [4.69, 9.17) is 26.6 Å². The number of nitrogen functional groups attached to an aromatic ring is 1. The Morgan fingerprint density at radius 2 is 1.63 bits per heavy atom. The van der Waals surface area contributed by atoms with Gasteiger partial charge in [-0.05, 0) is 48.9 Å². The Bertz CT molecular complexity index is 1080. The van der Waals surface area contributed by atoms with Gasteiger partial charge in [-0.2, -0.15) is 0 Å². The third-order valence-corrected chi connectivity index (χ3v) is 4.68. The van der Waals surface area contributed by atoms with Gasteiger partial charge in [0.05, 0.1) is 35.4 Å². The zero-order chi connectivity index (χ0) is 19.0. The van der Waals surface area contributed by atoms with E-state index in [9.17, 15) is 0 Å². The van der Waals surface area contributed by atoms with Crippen LogP contribution in [0.3, 0.4) is 0 Å². The molecule has 0 saturated heterocycles. The molecule has 27 heavy (non-hydrogen) atoms. The molecule has 2 heterocycles. The average Bonchev–Trinajstić information content (AvgIpc) is 3.25. The van der Waals surface area contributed by atoms with Gasteiger partial charge in [0.15, 0.2) is 5.76 Å². The molecule has 0 unspecified atom stereocenters. The zero-order valence-electron chi connectivity index (χ0n) is 14.9. The third kappa shape index (κ3) is 3.17. The number of hydrogen-bond donors (Lipinski definition) is 2. The molecule has 4 rings (SSSR count). The topological polar surface area (TPSA) is 77.1 Å². The molecule has 0 saturated carbocycles. The fourth-order valence-electron chi connectivity index (χ4n) is 3.07. The number of hydrogen-bond acceptors (Lipinski definition) is 4. The predicted octanol–water partition coefficient (Wildman–Crippen LogP) is 5.56. The van der Waals surface area contributed by atoms with Gasteiger partial charge in [-0.1, -0.05) is 28.9 Å². The lowest BCUT2D eigenvalue weighted by molar-refractivity contribution is 0.415. The van der Waals surface area contributed by atoms with Gasteiger partial charge < -0.3 is 20.0 Å². The van der Waals surface area contributed by atoms with E-state index in [1.165, 1.54) is 0 Å². The van der Waals surface area contributed by atoms with Crippen LogP contribution >= 0.6 is 11.6 Å². The fraction of sp³-hybridized carbons (Fsp3) is 0.0952. The number of benzene rings is 2. The molecule has 6 heteroatoms. The Balaban J connectivity index is 1.92. The van der Waals surface area contributed by atoms with Crippen molar-refractivity contribution < 1.29 is 9.26 Å². The molecule has 0 aliphatic carbocycles. The molecule has 5 nitrogen and oxygen atoms in total. The normalized spacial score (nSPS) is 10.9. The average molecular weight is 380 g/mol. The number of nitrogens with two attached hydrogens (primary N) is 1. The van der Waals surface area contributed by atoms with Crippen LogP contribution in [-0.2, 0) is 0 Å². The maximum absolute atomic E-state index is 6.54. The molecule has 2 aromatic heterocycles. The molecule has 0 radical (unpaired) electrons. The molecular formula is C21H18ClN3O2. The van der Waals surface area contributed by atoms with Crippen LogP contribution in [0.4, 0.5) is 5.69 Å². The van der Waals surface area contributed by atoms with E-state index < -0.39 is 0 Å². The lowest BCUT2D eigenvalue weighted by Gasteiger charge is -2.03. The monoisotopic (exact) mass is 379 g/mol. The van der Waals surface area contributed by atoms with Crippen molar-refractivity contribution in [3.05, 3.63) is 65.3 Å². The Kier molecular flexibility index (Phi) is 4.38. The van der Waals surface area contributed by atoms with Gasteiger partial charge in [0, 0.05) is 16.7 Å². The second-order valence-corrected chi connectivity index (χ2v) is 6.67. The molecule has 136 valence electrons. The van der Waals surface area contributed by atoms with E-state index in [-0.39, 0.29) is 0 Å². The van der Waals surface area contributed by atoms with Gasteiger partial charge in [0.2, 0.25) is 0 Å². The summed E-state index contributed by atoms with van der Waals surface area (Å²) in [7, 11) is 1.64. The second kappa shape index (κ2) is 6.85. The summed E-state index contributed by atoms with van der Waals surface area (Å²) in [6.07, 6.45) is 0. The lowest BCUT2D eigenvalue weighted by atomic mass is 10.0. The minimum Gasteiger partial charge on any atom is -0.497 e. The van der Waals surface area contributed by atoms with Crippen LogP contribution in [0, 0.1) is 6.92 Å². The number of nitrogens with zero attached hydrogens (tertiary/aromatic N) is 1. The smallest absolute Gasteiger partial charge is 0.171 e. The first kappa shape index (κ1) is 17.2. The van der Waals surface area contributed by atoms with Crippen LogP contribution in [0.5, 0.6) is 5.75 Å². The third-order valence-electron chi connectivity index (χ3n) is 4.42. The van der Waals surface area contributed by atoms with Gasteiger partial charge in [-0.25, -0.2) is 0 Å². The Labute approximate surface area is 161 Å². The van der Waals surface area contributed by atoms with Crippen molar-refractivity contribution in [1.29, 1.82) is 0 Å². The lowest BCUT2D eigenvalue weighted by Crippen LogP contribution is -1.89. The Morgan fingerprint density at radius 3 is 2.22 bits per heavy atom. The number of ether oxygens (including phenoxy) is 1. The van der Waals surface area contributed by atoms with E-state index in [0.29, 0.717) is 16.5 Å². The van der Waals surface area contributed by atoms with Crippen molar-refractivity contribution in [1.82, 2.24) is 10.1 Å². The van der Waals surface area contributed by atoms with Crippen molar-refractivity contribution in [2.45, 2.75) is 6.92 Å². The molecule has 0 aliphatic heterocycles. The SMILES string of the molecule is COc1ccc(-c2[nH]c(-c3ccc(Cl)cc3)c(-c3cc(C)no3)c2N)cc1. The van der Waals surface area contributed by atoms with Crippen LogP contribution in [0.2, 0.25) is 5.02 Å². The van der Waals surface area contributed by atoms with Crippen molar-refractivity contribution in [2.75, 3.05) is 12.8 Å². The molecule has 4 aromatic rings. The summed E-state index contributed by atoms with van der Waals surface area (Å²) in [6, 6.07) is 17.2. The van der Waals surface area contributed by atoms with Gasteiger partial charge in [-0.15, -0.1) is 0 Å². The molecular weight excluding hydrogens is 362 g/mol. The second-order valence-electron chi connectivity index (χ2n) is 6.23. The van der Waals surface area contributed by atoms with Crippen LogP contribution in [0.1, 0.15) is 5.69 Å². The highest BCUT2D eigenvalue weighted by Gasteiger charge is 2.22. The minimum atomic E-state index is 0.598. The van der Waals surface area contributed by atoms with Crippen LogP contribution in [0.25, 0.3) is 33.8 Å². The molecule has 0 amide bonds. The molecule has 0 atom stereocenters. The first-order valence-corrected chi connectivity index (χ1v) is 8.80. The molecule has 0 fully saturated rings. The van der Waals surface area contributed by atoms with Crippen molar-refractivity contribution in [2.24, 2.45) is 0 Å². The number of aromatic amines is 1. The van der Waals surface area contributed by atoms with Gasteiger partial charge in [0.1, 0.15) is 5.75 Å². The highest BCUT2D eigenvalue weighted by atomic mass is 35.5. The van der Waals surface area contributed by atoms with E-state index in [0.717, 1.165) is 39.5 Å². The fourth-order valence-corrected chi connectivity index (χ4v) is 3.20. The standard InChI is InChI=1S/C21H18ClN3O2/c1-12-11-17(27-25-12)18-19(23)21(14-5-9-16(26-2)10-6-14)24-20(18)13-3-7-15(22)8-4-13/h3-11,24H,23H2,1-2H3. The van der Waals surface area contributed by atoms with Gasteiger partial charge in [0.25, 0.3) is 0 Å². The van der Waals surface area contributed by atoms with Crippen molar-refractivity contribution in [3.8, 4) is 39.6 Å². The summed E-state index contributed by atoms with van der Waals surface area (Å²) in [4.78, 5) is 3.45. The molecule has 0 bridgehead atoms. The summed E-state index contributed by atoms with van der Waals surface area (Å²) < 4.78 is 10.7. The highest BCUT2D eigenvalue weighted by molar-refractivity contribution is 6.30. The van der Waals surface area contributed by atoms with Crippen LogP contribution in [0.15, 0.2) is 59.1 Å². The number of aryl methyl sites for hydroxylation is 1. The summed E-state index contributed by atoms with van der Waals surface area (Å²) in [5, 5.41) is 4.68. The number of anilines is 1. The number of halogens is 1. The number of nitrogens with one attached hydrogen (secondary N) is 1. The number of H-pyrrole nitrogens is 1. The quantitative estimate of drug-likeness (QED) is 0.487. The Hall–Kier alpha value is -3.18. The van der Waals surface area contributed by atoms with Crippen LogP contribution in [-0.4, -0.2) is 17.3 Å². The molecule has 3 N–H and O–H groups in total. The van der Waals surface area contributed by atoms with Gasteiger partial charge >= 0.3 is 0 Å². The minimum absolute atomic E-state index is 0.598. The number of aromatic nitrogens is 2. The molecule has 0 spiro atoms. The summed E-state index contributed by atoms with van der Waals surface area (Å²) >= 11 is 6.04. The van der Waals surface area contributed by atoms with Gasteiger partial charge in [-0.3, -0.25) is 0 Å². The Morgan fingerprint density at radius 1 is 1.00 bits per heavy atom. The highest BCUT2D eigenvalue weighted by Crippen LogP contribution is 2.43. The summed E-state index contributed by atoms with van der Waals surface area (Å²) in [5.41, 5.74) is 12.3. The number of rotatable bonds is 4. The maximum Gasteiger partial charge on any atom is 0.171 e. The molecule has 0 aliphatic rings. The first-order chi connectivity index (χ1) is 13.1. The summed E-state index contributed by atoms with van der Waals surface area (Å²) in [6.45, 7) is 1.88. The van der Waals surface area contributed by atoms with E-state index in [1.807, 2.05) is 61.5 Å². The van der Waals surface area contributed by atoms with Crippen molar-refractivity contribution >= 4 is 17.3 Å².